The smallest absolute Gasteiger partial charge is 0.219 e. The van der Waals surface area contributed by atoms with Crippen LogP contribution in [0.5, 0.6) is 5.75 Å². The molecule has 1 unspecified atom stereocenters. The highest BCUT2D eigenvalue weighted by Gasteiger charge is 2.28. The molecule has 0 aliphatic carbocycles. The highest BCUT2D eigenvalue weighted by atomic mass is 16.5. The van der Waals surface area contributed by atoms with Gasteiger partial charge in [0, 0.05) is 58.2 Å². The van der Waals surface area contributed by atoms with Gasteiger partial charge in [0.1, 0.15) is 11.6 Å². The Balaban J connectivity index is 1.60. The lowest BCUT2D eigenvalue weighted by atomic mass is 10.0. The van der Waals surface area contributed by atoms with Gasteiger partial charge in [-0.15, -0.1) is 0 Å². The predicted octanol–water partition coefficient (Wildman–Crippen LogP) is 3.08. The first kappa shape index (κ1) is 21.6. The average Bonchev–Trinajstić information content (AvgIpc) is 3.31. The lowest BCUT2D eigenvalue weighted by molar-refractivity contribution is -0.129. The predicted molar refractivity (Wildman–Crippen MR) is 119 cm³/mol. The van der Waals surface area contributed by atoms with Crippen LogP contribution < -0.4 is 9.64 Å². The second kappa shape index (κ2) is 10.1. The molecule has 0 spiro atoms. The fraction of sp³-hybridized carbons (Fsp3) is 0.542. The number of hydrogen-bond acceptors (Lipinski definition) is 6. The minimum atomic E-state index is 0.154. The first-order valence-electron chi connectivity index (χ1n) is 11.2. The summed E-state index contributed by atoms with van der Waals surface area (Å²) in [5.41, 5.74) is 2.15. The van der Waals surface area contributed by atoms with Gasteiger partial charge in [0.15, 0.2) is 0 Å². The van der Waals surface area contributed by atoms with E-state index in [-0.39, 0.29) is 5.91 Å². The van der Waals surface area contributed by atoms with Gasteiger partial charge in [-0.1, -0.05) is 6.07 Å². The number of piperidine rings is 1. The third-order valence-electron chi connectivity index (χ3n) is 6.36. The van der Waals surface area contributed by atoms with Crippen molar-refractivity contribution in [1.82, 2.24) is 14.9 Å². The second-order valence-electron chi connectivity index (χ2n) is 8.48. The Bertz CT molecular complexity index is 862. The zero-order chi connectivity index (χ0) is 21.6. The first-order chi connectivity index (χ1) is 15.1. The van der Waals surface area contributed by atoms with E-state index in [1.54, 1.807) is 20.2 Å². The third-order valence-corrected chi connectivity index (χ3v) is 6.36. The fourth-order valence-corrected chi connectivity index (χ4v) is 4.56. The van der Waals surface area contributed by atoms with Gasteiger partial charge in [-0.05, 0) is 55.4 Å². The van der Waals surface area contributed by atoms with Crippen LogP contribution in [0, 0.1) is 5.92 Å². The minimum absolute atomic E-state index is 0.154. The summed E-state index contributed by atoms with van der Waals surface area (Å²) in [6.07, 6.45) is 7.50. The van der Waals surface area contributed by atoms with Crippen molar-refractivity contribution in [2.24, 2.45) is 5.92 Å². The van der Waals surface area contributed by atoms with E-state index < -0.39 is 0 Å². The molecule has 0 radical (unpaired) electrons. The molecule has 166 valence electrons. The van der Waals surface area contributed by atoms with E-state index in [4.69, 9.17) is 14.5 Å². The lowest BCUT2D eigenvalue weighted by Gasteiger charge is -2.39. The van der Waals surface area contributed by atoms with Crippen molar-refractivity contribution < 1.29 is 14.3 Å². The summed E-state index contributed by atoms with van der Waals surface area (Å²) in [4.78, 5) is 25.5. The number of pyridine rings is 2. The summed E-state index contributed by atoms with van der Waals surface area (Å²) in [5.74, 6) is 2.44. The molecule has 0 aromatic carbocycles. The molecule has 0 N–H and O–H groups in total. The molecule has 2 saturated heterocycles. The molecular weight excluding hydrogens is 392 g/mol. The van der Waals surface area contributed by atoms with Crippen LogP contribution in [-0.4, -0.2) is 60.2 Å². The molecule has 2 aromatic rings. The summed E-state index contributed by atoms with van der Waals surface area (Å²) in [5, 5.41) is 0. The van der Waals surface area contributed by atoms with Gasteiger partial charge in [-0.25, -0.2) is 4.98 Å². The van der Waals surface area contributed by atoms with E-state index in [0.717, 1.165) is 81.4 Å². The van der Waals surface area contributed by atoms with Crippen LogP contribution in [0.3, 0.4) is 0 Å². The zero-order valence-corrected chi connectivity index (χ0v) is 18.5. The number of rotatable bonds is 7. The molecule has 1 atom stereocenters. The maximum absolute atomic E-state index is 11.8. The van der Waals surface area contributed by atoms with Crippen LogP contribution in [0.15, 0.2) is 36.7 Å². The largest absolute Gasteiger partial charge is 0.495 e. The molecule has 7 heteroatoms. The minimum Gasteiger partial charge on any atom is -0.495 e. The molecular formula is C24H32N4O3. The van der Waals surface area contributed by atoms with E-state index in [1.807, 2.05) is 23.2 Å². The van der Waals surface area contributed by atoms with Crippen LogP contribution in [0.1, 0.15) is 37.4 Å². The van der Waals surface area contributed by atoms with Gasteiger partial charge in [-0.2, -0.15) is 0 Å². The number of likely N-dealkylation sites (tertiary alicyclic amines) is 1. The second-order valence-corrected chi connectivity index (χ2v) is 8.48. The van der Waals surface area contributed by atoms with Crippen LogP contribution >= 0.6 is 0 Å². The molecule has 2 fully saturated rings. The SMILES string of the molecule is COc1ccc(N(Cc2cccnc2)C2CCN(C(C)=O)CC2)nc1CC1CCOC1. The first-order valence-corrected chi connectivity index (χ1v) is 11.2. The number of carbonyl (C=O) groups is 1. The van der Waals surface area contributed by atoms with Crippen molar-refractivity contribution >= 4 is 11.7 Å². The molecule has 31 heavy (non-hydrogen) atoms. The molecule has 7 nitrogen and oxygen atoms in total. The summed E-state index contributed by atoms with van der Waals surface area (Å²) in [7, 11) is 1.70. The average molecular weight is 425 g/mol. The molecule has 2 aliphatic heterocycles. The highest BCUT2D eigenvalue weighted by molar-refractivity contribution is 5.73. The maximum atomic E-state index is 11.8. The molecule has 4 rings (SSSR count). The number of ether oxygens (including phenoxy) is 2. The van der Waals surface area contributed by atoms with Gasteiger partial charge in [0.25, 0.3) is 0 Å². The number of nitrogens with zero attached hydrogens (tertiary/aromatic N) is 4. The molecule has 1 amide bonds. The maximum Gasteiger partial charge on any atom is 0.219 e. The zero-order valence-electron chi connectivity index (χ0n) is 18.5. The van der Waals surface area contributed by atoms with E-state index in [0.29, 0.717) is 12.0 Å². The quantitative estimate of drug-likeness (QED) is 0.681. The Morgan fingerprint density at radius 3 is 2.74 bits per heavy atom. The standard InChI is InChI=1S/C24H32N4O3/c1-18(29)27-11-7-21(8-12-27)28(16-20-4-3-10-25-15-20)24-6-5-23(30-2)22(26-24)14-19-9-13-31-17-19/h3-6,10,15,19,21H,7-9,11-14,16-17H2,1-2H3. The van der Waals surface area contributed by atoms with Crippen molar-refractivity contribution in [2.45, 2.75) is 45.2 Å². The van der Waals surface area contributed by atoms with Crippen LogP contribution in [-0.2, 0) is 22.5 Å². The summed E-state index contributed by atoms with van der Waals surface area (Å²) < 4.78 is 11.2. The van der Waals surface area contributed by atoms with Gasteiger partial charge in [0.2, 0.25) is 5.91 Å². The topological polar surface area (TPSA) is 67.8 Å². The number of carbonyl (C=O) groups excluding carboxylic acids is 1. The summed E-state index contributed by atoms with van der Waals surface area (Å²) in [6.45, 7) is 5.58. The Kier molecular flexibility index (Phi) is 7.02. The Hall–Kier alpha value is -2.67. The van der Waals surface area contributed by atoms with Crippen LogP contribution in [0.25, 0.3) is 0 Å². The van der Waals surface area contributed by atoms with Crippen molar-refractivity contribution in [3.63, 3.8) is 0 Å². The Labute approximate surface area is 184 Å². The Morgan fingerprint density at radius 1 is 1.26 bits per heavy atom. The number of hydrogen-bond donors (Lipinski definition) is 0. The number of methoxy groups -OCH3 is 1. The number of amides is 1. The number of anilines is 1. The van der Waals surface area contributed by atoms with Crippen molar-refractivity contribution in [1.29, 1.82) is 0 Å². The molecule has 2 aliphatic rings. The molecule has 0 bridgehead atoms. The van der Waals surface area contributed by atoms with E-state index in [2.05, 4.69) is 22.0 Å². The van der Waals surface area contributed by atoms with Crippen molar-refractivity contribution in [2.75, 3.05) is 38.3 Å². The molecule has 4 heterocycles. The van der Waals surface area contributed by atoms with Crippen LogP contribution in [0.2, 0.25) is 0 Å². The fourth-order valence-electron chi connectivity index (χ4n) is 4.56. The third kappa shape index (κ3) is 5.34. The van der Waals surface area contributed by atoms with E-state index in [9.17, 15) is 4.79 Å². The van der Waals surface area contributed by atoms with E-state index >= 15 is 0 Å². The van der Waals surface area contributed by atoms with Gasteiger partial charge in [0.05, 0.1) is 12.8 Å². The molecule has 2 aromatic heterocycles. The molecule has 0 saturated carbocycles. The highest BCUT2D eigenvalue weighted by Crippen LogP contribution is 2.30. The van der Waals surface area contributed by atoms with E-state index in [1.165, 1.54) is 0 Å². The van der Waals surface area contributed by atoms with Gasteiger partial charge in [-0.3, -0.25) is 9.78 Å². The summed E-state index contributed by atoms with van der Waals surface area (Å²) >= 11 is 0. The number of aromatic nitrogens is 2. The monoisotopic (exact) mass is 424 g/mol. The van der Waals surface area contributed by atoms with Gasteiger partial charge >= 0.3 is 0 Å². The Morgan fingerprint density at radius 2 is 2.10 bits per heavy atom. The van der Waals surface area contributed by atoms with Crippen molar-refractivity contribution in [3.05, 3.63) is 47.9 Å². The lowest BCUT2D eigenvalue weighted by Crippen LogP contribution is -2.46. The van der Waals surface area contributed by atoms with Gasteiger partial charge < -0.3 is 19.3 Å². The van der Waals surface area contributed by atoms with Crippen molar-refractivity contribution in [3.8, 4) is 5.75 Å². The summed E-state index contributed by atoms with van der Waals surface area (Å²) in [6, 6.07) is 8.48. The van der Waals surface area contributed by atoms with Crippen LogP contribution in [0.4, 0.5) is 5.82 Å². The normalized spacial score (nSPS) is 19.4.